The summed E-state index contributed by atoms with van der Waals surface area (Å²) in [6, 6.07) is 1.21. The van der Waals surface area contributed by atoms with E-state index in [-0.39, 0.29) is 22.5 Å². The maximum Gasteiger partial charge on any atom is 0.339 e. The molecule has 1 atom stereocenters. The van der Waals surface area contributed by atoms with E-state index < -0.39 is 15.0 Å². The summed E-state index contributed by atoms with van der Waals surface area (Å²) in [6.45, 7) is 0.882. The minimum absolute atomic E-state index is 0.0520. The topological polar surface area (TPSA) is 69.7 Å². The van der Waals surface area contributed by atoms with Gasteiger partial charge in [0.05, 0.1) is 11.7 Å². The highest BCUT2D eigenvalue weighted by Crippen LogP contribution is 2.24. The summed E-state index contributed by atoms with van der Waals surface area (Å²) in [6.07, 6.45) is 1.79. The molecule has 18 heavy (non-hydrogen) atoms. The van der Waals surface area contributed by atoms with Crippen LogP contribution in [0.15, 0.2) is 15.7 Å². The van der Waals surface area contributed by atoms with Crippen LogP contribution in [0.2, 0.25) is 0 Å². The van der Waals surface area contributed by atoms with Gasteiger partial charge in [-0.25, -0.2) is 13.2 Å². The number of carbonyl (C=O) groups is 1. The Balaban J connectivity index is 1.94. The second kappa shape index (κ2) is 5.56. The lowest BCUT2D eigenvalue weighted by Gasteiger charge is -2.09. The molecule has 8 heteroatoms. The highest BCUT2D eigenvalue weighted by Gasteiger charge is 2.20. The van der Waals surface area contributed by atoms with Crippen LogP contribution in [-0.2, 0) is 18.5 Å². The number of esters is 1. The molecule has 100 valence electrons. The van der Waals surface area contributed by atoms with Crippen LogP contribution in [-0.4, -0.2) is 33.7 Å². The summed E-state index contributed by atoms with van der Waals surface area (Å²) < 4.78 is 32.4. The number of hydrogen-bond donors (Lipinski definition) is 0. The van der Waals surface area contributed by atoms with Crippen molar-refractivity contribution in [3.8, 4) is 0 Å². The quantitative estimate of drug-likeness (QED) is 0.628. The van der Waals surface area contributed by atoms with Gasteiger partial charge < -0.3 is 9.47 Å². The minimum atomic E-state index is -3.79. The lowest BCUT2D eigenvalue weighted by Crippen LogP contribution is -2.17. The average molecular weight is 311 g/mol. The molecular weight excluding hydrogens is 300 g/mol. The summed E-state index contributed by atoms with van der Waals surface area (Å²) in [4.78, 5) is 11.6. The van der Waals surface area contributed by atoms with Crippen LogP contribution in [0.5, 0.6) is 0 Å². The molecule has 2 rings (SSSR count). The number of hydrogen-bond acceptors (Lipinski definition) is 6. The smallest absolute Gasteiger partial charge is 0.339 e. The Labute approximate surface area is 113 Å². The number of rotatable bonds is 4. The van der Waals surface area contributed by atoms with Crippen LogP contribution in [0.25, 0.3) is 0 Å². The van der Waals surface area contributed by atoms with Gasteiger partial charge in [0, 0.05) is 22.7 Å². The van der Waals surface area contributed by atoms with Gasteiger partial charge in [-0.1, -0.05) is 0 Å². The molecule has 5 nitrogen and oxygen atoms in total. The van der Waals surface area contributed by atoms with E-state index in [2.05, 4.69) is 0 Å². The van der Waals surface area contributed by atoms with E-state index in [9.17, 15) is 13.2 Å². The summed E-state index contributed by atoms with van der Waals surface area (Å²) in [5, 5.41) is 1.41. The van der Waals surface area contributed by atoms with Crippen molar-refractivity contribution in [3.05, 3.63) is 17.0 Å². The zero-order valence-corrected chi connectivity index (χ0v) is 11.7. The van der Waals surface area contributed by atoms with Gasteiger partial charge in [0.1, 0.15) is 10.8 Å². The largest absolute Gasteiger partial charge is 0.459 e. The number of thiophene rings is 1. The van der Waals surface area contributed by atoms with Gasteiger partial charge >= 0.3 is 5.97 Å². The summed E-state index contributed by atoms with van der Waals surface area (Å²) >= 11 is 0.891. The Morgan fingerprint density at radius 1 is 1.61 bits per heavy atom. The van der Waals surface area contributed by atoms with Crippen LogP contribution in [0, 0.1) is 0 Å². The number of carbonyl (C=O) groups excluding carboxylic acids is 1. The van der Waals surface area contributed by atoms with Gasteiger partial charge in [0.15, 0.2) is 0 Å². The Morgan fingerprint density at radius 2 is 2.39 bits per heavy atom. The predicted octanol–water partition coefficient (Wildman–Crippen LogP) is 2.01. The fourth-order valence-corrected chi connectivity index (χ4v) is 3.51. The van der Waals surface area contributed by atoms with Crippen LogP contribution in [0.4, 0.5) is 0 Å². The molecule has 0 aliphatic carbocycles. The Hall–Kier alpha value is -0.630. The normalized spacial score (nSPS) is 19.9. The van der Waals surface area contributed by atoms with E-state index >= 15 is 0 Å². The third-order valence-corrected chi connectivity index (χ3v) is 5.52. The fraction of sp³-hybridized carbons (Fsp3) is 0.500. The molecule has 0 aromatic carbocycles. The molecule has 1 fully saturated rings. The van der Waals surface area contributed by atoms with Crippen LogP contribution in [0.1, 0.15) is 23.2 Å². The van der Waals surface area contributed by atoms with E-state index in [4.69, 9.17) is 20.2 Å². The molecule has 0 radical (unpaired) electrons. The molecule has 0 saturated carbocycles. The first-order valence-electron chi connectivity index (χ1n) is 5.29. The Morgan fingerprint density at radius 3 is 2.94 bits per heavy atom. The summed E-state index contributed by atoms with van der Waals surface area (Å²) in [7, 11) is 1.38. The monoisotopic (exact) mass is 310 g/mol. The van der Waals surface area contributed by atoms with Crippen LogP contribution < -0.4 is 0 Å². The third-order valence-electron chi connectivity index (χ3n) is 2.48. The zero-order valence-electron chi connectivity index (χ0n) is 9.30. The molecule has 1 unspecified atom stereocenters. The molecular formula is C10H11ClO5S2. The molecule has 1 saturated heterocycles. The van der Waals surface area contributed by atoms with E-state index in [1.807, 2.05) is 0 Å². The molecule has 1 aromatic heterocycles. The summed E-state index contributed by atoms with van der Waals surface area (Å²) in [5.41, 5.74) is 0.192. The van der Waals surface area contributed by atoms with Crippen molar-refractivity contribution in [1.29, 1.82) is 0 Å². The molecule has 0 spiro atoms. The number of ether oxygens (including phenoxy) is 2. The minimum Gasteiger partial charge on any atom is -0.459 e. The Kier molecular flexibility index (Phi) is 4.26. The lowest BCUT2D eigenvalue weighted by atomic mass is 10.2. The maximum atomic E-state index is 11.6. The molecule has 1 aliphatic heterocycles. The predicted molar refractivity (Wildman–Crippen MR) is 66.6 cm³/mol. The van der Waals surface area contributed by atoms with Crippen molar-refractivity contribution >= 4 is 37.0 Å². The van der Waals surface area contributed by atoms with Gasteiger partial charge in [0.2, 0.25) is 0 Å². The first-order valence-corrected chi connectivity index (χ1v) is 8.47. The molecule has 0 amide bonds. The summed E-state index contributed by atoms with van der Waals surface area (Å²) in [5.74, 6) is -0.562. The molecule has 0 bridgehead atoms. The molecule has 0 N–H and O–H groups in total. The molecule has 1 aromatic rings. The second-order valence-corrected chi connectivity index (χ2v) is 7.53. The van der Waals surface area contributed by atoms with Gasteiger partial charge in [-0.3, -0.25) is 0 Å². The first kappa shape index (κ1) is 13.8. The van der Waals surface area contributed by atoms with Gasteiger partial charge in [-0.05, 0) is 18.9 Å². The van der Waals surface area contributed by atoms with E-state index in [0.717, 1.165) is 24.2 Å². The fourth-order valence-electron chi connectivity index (χ4n) is 1.58. The standard InChI is InChI=1S/C10H11ClO5S2/c11-18(13,14)9-4-7(6-17-9)10(12)16-5-8-2-1-3-15-8/h4,6,8H,1-3,5H2. The zero-order chi connectivity index (χ0) is 13.2. The van der Waals surface area contributed by atoms with E-state index in [1.165, 1.54) is 11.4 Å². The van der Waals surface area contributed by atoms with Gasteiger partial charge in [-0.15, -0.1) is 11.3 Å². The van der Waals surface area contributed by atoms with Crippen molar-refractivity contribution < 1.29 is 22.7 Å². The van der Waals surface area contributed by atoms with E-state index in [0.29, 0.717) is 6.61 Å². The second-order valence-electron chi connectivity index (χ2n) is 3.83. The number of halogens is 1. The highest BCUT2D eigenvalue weighted by atomic mass is 35.7. The first-order chi connectivity index (χ1) is 8.47. The SMILES string of the molecule is O=C(OCC1CCCO1)c1csc(S(=O)(=O)Cl)c1. The highest BCUT2D eigenvalue weighted by molar-refractivity contribution is 8.15. The Bertz CT molecular complexity index is 530. The van der Waals surface area contributed by atoms with Crippen LogP contribution >= 0.6 is 22.0 Å². The van der Waals surface area contributed by atoms with Gasteiger partial charge in [-0.2, -0.15) is 0 Å². The van der Waals surface area contributed by atoms with Crippen molar-refractivity contribution in [1.82, 2.24) is 0 Å². The van der Waals surface area contributed by atoms with Crippen LogP contribution in [0.3, 0.4) is 0 Å². The van der Waals surface area contributed by atoms with Crippen molar-refractivity contribution in [2.24, 2.45) is 0 Å². The third kappa shape index (κ3) is 3.44. The van der Waals surface area contributed by atoms with Crippen molar-refractivity contribution in [2.75, 3.05) is 13.2 Å². The molecule has 2 heterocycles. The average Bonchev–Trinajstić information content (AvgIpc) is 2.96. The maximum absolute atomic E-state index is 11.6. The molecule has 1 aliphatic rings. The van der Waals surface area contributed by atoms with Gasteiger partial charge in [0.25, 0.3) is 9.05 Å². The van der Waals surface area contributed by atoms with Crippen molar-refractivity contribution in [3.63, 3.8) is 0 Å². The lowest BCUT2D eigenvalue weighted by molar-refractivity contribution is 0.0161. The van der Waals surface area contributed by atoms with E-state index in [1.54, 1.807) is 0 Å². The van der Waals surface area contributed by atoms with Crippen molar-refractivity contribution in [2.45, 2.75) is 23.2 Å².